The molecular formula is C74H44N2O4. The van der Waals surface area contributed by atoms with Gasteiger partial charge in [-0.1, -0.05) is 170 Å². The molecule has 0 saturated carbocycles. The molecule has 0 unspecified atom stereocenters. The highest BCUT2D eigenvalue weighted by atomic mass is 16.3. The van der Waals surface area contributed by atoms with Crippen LogP contribution in [0.4, 0.5) is 34.1 Å². The number of para-hydroxylation sites is 6. The van der Waals surface area contributed by atoms with Crippen LogP contribution in [0.5, 0.6) is 0 Å². The van der Waals surface area contributed by atoms with Crippen LogP contribution in [0.3, 0.4) is 0 Å². The van der Waals surface area contributed by atoms with Crippen molar-refractivity contribution < 1.29 is 17.7 Å². The third kappa shape index (κ3) is 6.85. The highest BCUT2D eigenvalue weighted by molar-refractivity contribution is 6.19. The fraction of sp³-hybridized carbons (Fsp3) is 0. The normalized spacial score (nSPS) is 12.0. The molecule has 0 saturated heterocycles. The lowest BCUT2D eigenvalue weighted by molar-refractivity contribution is 0.664. The zero-order chi connectivity index (χ0) is 52.4. The molecule has 0 aliphatic rings. The molecule has 80 heavy (non-hydrogen) atoms. The smallest absolute Gasteiger partial charge is 0.159 e. The Morgan fingerprint density at radius 2 is 0.575 bits per heavy atom. The van der Waals surface area contributed by atoms with E-state index >= 15 is 0 Å². The first-order valence-corrected chi connectivity index (χ1v) is 27.0. The van der Waals surface area contributed by atoms with Crippen molar-refractivity contribution in [3.63, 3.8) is 0 Å². The second-order valence-electron chi connectivity index (χ2n) is 20.8. The molecule has 0 N–H and O–H groups in total. The first-order chi connectivity index (χ1) is 39.6. The number of furan rings is 4. The van der Waals surface area contributed by atoms with Gasteiger partial charge in [-0.15, -0.1) is 0 Å². The van der Waals surface area contributed by atoms with Crippen LogP contribution in [0.2, 0.25) is 0 Å². The van der Waals surface area contributed by atoms with Crippen molar-refractivity contribution in [1.29, 1.82) is 0 Å². The fourth-order valence-electron chi connectivity index (χ4n) is 12.4. The highest BCUT2D eigenvalue weighted by Crippen LogP contribution is 2.48. The minimum Gasteiger partial charge on any atom is -0.456 e. The minimum absolute atomic E-state index is 0.813. The van der Waals surface area contributed by atoms with E-state index in [2.05, 4.69) is 265 Å². The Hall–Kier alpha value is -10.8. The Balaban J connectivity index is 0.756. The number of anilines is 6. The molecule has 0 fully saturated rings. The highest BCUT2D eigenvalue weighted by Gasteiger charge is 2.24. The zero-order valence-electron chi connectivity index (χ0n) is 42.9. The molecule has 17 rings (SSSR count). The van der Waals surface area contributed by atoms with Crippen molar-refractivity contribution in [2.24, 2.45) is 0 Å². The summed E-state index contributed by atoms with van der Waals surface area (Å²) in [6.07, 6.45) is 0. The maximum Gasteiger partial charge on any atom is 0.159 e. The average Bonchev–Trinajstić information content (AvgIpc) is 4.37. The van der Waals surface area contributed by atoms with Gasteiger partial charge in [0, 0.05) is 77.0 Å². The Kier molecular flexibility index (Phi) is 9.61. The molecule has 4 aromatic heterocycles. The van der Waals surface area contributed by atoms with Crippen LogP contribution in [-0.2, 0) is 0 Å². The Morgan fingerprint density at radius 3 is 1.00 bits per heavy atom. The molecule has 0 spiro atoms. The van der Waals surface area contributed by atoms with E-state index in [1.165, 1.54) is 0 Å². The lowest BCUT2D eigenvalue weighted by Gasteiger charge is -2.25. The summed E-state index contributed by atoms with van der Waals surface area (Å²) in [5, 5.41) is 12.8. The van der Waals surface area contributed by atoms with Gasteiger partial charge in [0.05, 0.1) is 11.4 Å². The van der Waals surface area contributed by atoms with Gasteiger partial charge in [-0.2, -0.15) is 0 Å². The lowest BCUT2D eigenvalue weighted by Crippen LogP contribution is -2.10. The van der Waals surface area contributed by atoms with Gasteiger partial charge in [0.25, 0.3) is 0 Å². The predicted octanol–water partition coefficient (Wildman–Crippen LogP) is 21.9. The third-order valence-corrected chi connectivity index (χ3v) is 16.2. The molecule has 0 bridgehead atoms. The summed E-state index contributed by atoms with van der Waals surface area (Å²) < 4.78 is 27.5. The molecule has 0 aliphatic heterocycles. The molecule has 0 aliphatic carbocycles. The van der Waals surface area contributed by atoms with E-state index in [1.54, 1.807) is 0 Å². The second-order valence-corrected chi connectivity index (χ2v) is 20.8. The number of nitrogens with zero attached hydrogens (tertiary/aromatic N) is 2. The van der Waals surface area contributed by atoms with Crippen molar-refractivity contribution >= 4 is 143 Å². The largest absolute Gasteiger partial charge is 0.456 e. The average molecular weight is 1030 g/mol. The van der Waals surface area contributed by atoms with Gasteiger partial charge in [-0.25, -0.2) is 0 Å². The Labute approximate surface area is 457 Å². The minimum atomic E-state index is 0.813. The van der Waals surface area contributed by atoms with Gasteiger partial charge in [0.1, 0.15) is 33.5 Å². The molecule has 6 heteroatoms. The molecule has 374 valence electrons. The fourth-order valence-corrected chi connectivity index (χ4v) is 12.4. The molecule has 0 radical (unpaired) electrons. The van der Waals surface area contributed by atoms with Crippen LogP contribution in [0.25, 0.3) is 132 Å². The van der Waals surface area contributed by atoms with Crippen molar-refractivity contribution in [2.75, 3.05) is 9.80 Å². The summed E-state index contributed by atoms with van der Waals surface area (Å²) >= 11 is 0. The quantitative estimate of drug-likeness (QED) is 0.151. The molecule has 0 atom stereocenters. The van der Waals surface area contributed by atoms with Crippen LogP contribution < -0.4 is 9.80 Å². The maximum absolute atomic E-state index is 6.95. The first-order valence-electron chi connectivity index (χ1n) is 27.0. The Morgan fingerprint density at radius 1 is 0.212 bits per heavy atom. The topological polar surface area (TPSA) is 59.0 Å². The monoisotopic (exact) mass is 1020 g/mol. The van der Waals surface area contributed by atoms with E-state index in [0.29, 0.717) is 0 Å². The van der Waals surface area contributed by atoms with Crippen molar-refractivity contribution in [1.82, 2.24) is 0 Å². The van der Waals surface area contributed by atoms with Gasteiger partial charge >= 0.3 is 0 Å². The third-order valence-electron chi connectivity index (χ3n) is 16.2. The van der Waals surface area contributed by atoms with E-state index < -0.39 is 0 Å². The predicted molar refractivity (Wildman–Crippen MR) is 331 cm³/mol. The molecule has 6 nitrogen and oxygen atoms in total. The summed E-state index contributed by atoms with van der Waals surface area (Å²) in [4.78, 5) is 4.59. The number of hydrogen-bond donors (Lipinski definition) is 0. The van der Waals surface area contributed by atoms with E-state index in [4.69, 9.17) is 17.7 Å². The summed E-state index contributed by atoms with van der Waals surface area (Å²) in [5.74, 6) is 0. The van der Waals surface area contributed by atoms with Crippen LogP contribution in [0.1, 0.15) is 0 Å². The van der Waals surface area contributed by atoms with Gasteiger partial charge in [0.2, 0.25) is 0 Å². The van der Waals surface area contributed by atoms with Crippen LogP contribution in [-0.4, -0.2) is 0 Å². The maximum atomic E-state index is 6.95. The first kappa shape index (κ1) is 44.3. The number of rotatable bonds is 8. The van der Waals surface area contributed by atoms with Crippen molar-refractivity contribution in [3.8, 4) is 22.3 Å². The van der Waals surface area contributed by atoms with E-state index in [1.807, 2.05) is 12.1 Å². The number of fused-ring (bicyclic) bond motifs is 14. The summed E-state index contributed by atoms with van der Waals surface area (Å²) in [7, 11) is 0. The van der Waals surface area contributed by atoms with Gasteiger partial charge in [-0.3, -0.25) is 0 Å². The van der Waals surface area contributed by atoms with E-state index in [9.17, 15) is 0 Å². The molecule has 17 aromatic rings. The van der Waals surface area contributed by atoms with Gasteiger partial charge in [-0.05, 0) is 130 Å². The molecule has 0 amide bonds. The van der Waals surface area contributed by atoms with Crippen molar-refractivity contribution in [3.05, 3.63) is 267 Å². The zero-order valence-corrected chi connectivity index (χ0v) is 42.9. The van der Waals surface area contributed by atoms with Crippen LogP contribution in [0, 0.1) is 0 Å². The van der Waals surface area contributed by atoms with Crippen molar-refractivity contribution in [2.45, 2.75) is 0 Å². The molecule has 4 heterocycles. The number of benzene rings is 13. The SMILES string of the molecule is c1ccc(-c2cccc3c2oc2c(N(c4ccccc4)c4ccc5cc6c(cc5c4)oc4cc5c(cc46)oc4cc6cc(N(c7ccccc7)c7cccc8c7oc7c(-c9ccccc9)cccc78)ccc6cc45)cccc23)cc1. The lowest BCUT2D eigenvalue weighted by atomic mass is 10.0. The van der Waals surface area contributed by atoms with E-state index in [0.717, 1.165) is 166 Å². The van der Waals surface area contributed by atoms with Gasteiger partial charge in [0.15, 0.2) is 11.2 Å². The van der Waals surface area contributed by atoms with E-state index in [-0.39, 0.29) is 0 Å². The summed E-state index contributed by atoms with van der Waals surface area (Å²) in [6.45, 7) is 0. The molecular weight excluding hydrogens is 981 g/mol. The van der Waals surface area contributed by atoms with Crippen LogP contribution in [0.15, 0.2) is 285 Å². The Bertz CT molecular complexity index is 4970. The summed E-state index contributed by atoms with van der Waals surface area (Å²) in [6, 6.07) is 94.1. The summed E-state index contributed by atoms with van der Waals surface area (Å²) in [5.41, 5.74) is 17.0. The number of hydrogen-bond acceptors (Lipinski definition) is 6. The van der Waals surface area contributed by atoms with Gasteiger partial charge < -0.3 is 27.5 Å². The van der Waals surface area contributed by atoms with Crippen LogP contribution >= 0.6 is 0 Å². The molecule has 13 aromatic carbocycles. The second kappa shape index (κ2) is 17.3. The standard InChI is InChI=1S/C74H44N2O4/c1-5-17-45(18-6-1)55-25-13-27-57-59-29-15-31-65(73(59)79-71(55)57)75(51-21-9-3-10-22-51)53-35-33-47-39-61-63-43-70-64(44-69(63)77-67(61)41-49(47)37-53)62-40-48-34-36-54(38-50(48)42-68(62)78-70)76(52-23-11-4-12-24-52)66-32-16-30-60-58-28-14-26-56(72(58)80-74(60)66)46-19-7-2-8-20-46/h1-44H.